The number of ether oxygens (including phenoxy) is 1. The fourth-order valence-electron chi connectivity index (χ4n) is 3.52. The van der Waals surface area contributed by atoms with Gasteiger partial charge in [-0.15, -0.1) is 0 Å². The number of hydrogen-bond acceptors (Lipinski definition) is 5. The summed E-state index contributed by atoms with van der Waals surface area (Å²) < 4.78 is 19.8. The third-order valence-electron chi connectivity index (χ3n) is 4.90. The molecule has 1 aliphatic heterocycles. The number of halogens is 2. The van der Waals surface area contributed by atoms with Crippen LogP contribution >= 0.6 is 11.6 Å². The van der Waals surface area contributed by atoms with Gasteiger partial charge >= 0.3 is 0 Å². The lowest BCUT2D eigenvalue weighted by atomic mass is 10.1. The molecule has 0 aliphatic carbocycles. The van der Waals surface area contributed by atoms with Crippen LogP contribution in [-0.4, -0.2) is 48.2 Å². The molecular formula is C20H20ClFN4O. The first-order chi connectivity index (χ1) is 13.2. The summed E-state index contributed by atoms with van der Waals surface area (Å²) >= 11 is 6.13. The van der Waals surface area contributed by atoms with Crippen molar-refractivity contribution in [1.82, 2.24) is 14.9 Å². The molecule has 0 saturated carbocycles. The lowest BCUT2D eigenvalue weighted by Gasteiger charge is -2.36. The second-order valence-corrected chi connectivity index (χ2v) is 6.99. The summed E-state index contributed by atoms with van der Waals surface area (Å²) in [4.78, 5) is 13.0. The number of anilines is 1. The van der Waals surface area contributed by atoms with E-state index in [9.17, 15) is 4.39 Å². The van der Waals surface area contributed by atoms with Crippen molar-refractivity contribution in [2.24, 2.45) is 0 Å². The molecule has 1 aromatic heterocycles. The Bertz CT molecular complexity index is 955. The highest BCUT2D eigenvalue weighted by atomic mass is 35.5. The monoisotopic (exact) mass is 386 g/mol. The van der Waals surface area contributed by atoms with Gasteiger partial charge in [0, 0.05) is 43.3 Å². The maximum atomic E-state index is 14.3. The topological polar surface area (TPSA) is 41.5 Å². The minimum atomic E-state index is -0.283. The highest BCUT2D eigenvalue weighted by Gasteiger charge is 2.22. The van der Waals surface area contributed by atoms with E-state index in [4.69, 9.17) is 16.3 Å². The van der Waals surface area contributed by atoms with Gasteiger partial charge in [0.2, 0.25) is 0 Å². The van der Waals surface area contributed by atoms with Gasteiger partial charge in [0.25, 0.3) is 0 Å². The van der Waals surface area contributed by atoms with Crippen molar-refractivity contribution in [3.05, 3.63) is 59.1 Å². The van der Waals surface area contributed by atoms with E-state index < -0.39 is 0 Å². The van der Waals surface area contributed by atoms with E-state index in [1.807, 2.05) is 24.3 Å². The largest absolute Gasteiger partial charge is 0.496 e. The Morgan fingerprint density at radius 2 is 1.93 bits per heavy atom. The van der Waals surface area contributed by atoms with E-state index >= 15 is 0 Å². The lowest BCUT2D eigenvalue weighted by Crippen LogP contribution is -2.46. The van der Waals surface area contributed by atoms with Gasteiger partial charge in [0.15, 0.2) is 0 Å². The maximum absolute atomic E-state index is 14.3. The van der Waals surface area contributed by atoms with Crippen LogP contribution in [0.4, 0.5) is 10.2 Å². The molecule has 7 heteroatoms. The molecule has 0 bridgehead atoms. The Kier molecular flexibility index (Phi) is 5.09. The Balaban J connectivity index is 1.50. The first kappa shape index (κ1) is 17.9. The van der Waals surface area contributed by atoms with Crippen molar-refractivity contribution >= 4 is 28.3 Å². The second-order valence-electron chi connectivity index (χ2n) is 6.55. The Labute approximate surface area is 162 Å². The quantitative estimate of drug-likeness (QED) is 0.683. The Morgan fingerprint density at radius 3 is 2.70 bits per heavy atom. The predicted molar refractivity (Wildman–Crippen MR) is 105 cm³/mol. The zero-order chi connectivity index (χ0) is 18.8. The van der Waals surface area contributed by atoms with E-state index in [2.05, 4.69) is 19.8 Å². The molecule has 0 unspecified atom stereocenters. The molecule has 27 heavy (non-hydrogen) atoms. The molecule has 1 aliphatic rings. The molecule has 3 aromatic rings. The smallest absolute Gasteiger partial charge is 0.142 e. The molecule has 0 radical (unpaired) electrons. The zero-order valence-electron chi connectivity index (χ0n) is 15.0. The average molecular weight is 387 g/mol. The fraction of sp³-hybridized carbons (Fsp3) is 0.300. The molecule has 0 spiro atoms. The minimum Gasteiger partial charge on any atom is -0.496 e. The molecule has 1 saturated heterocycles. The van der Waals surface area contributed by atoms with Crippen LogP contribution in [0.3, 0.4) is 0 Å². The number of aromatic nitrogens is 2. The SMILES string of the molecule is COc1ccc(Cl)cc1CN1CCN(c2ncnc3cccc(F)c23)CC1. The summed E-state index contributed by atoms with van der Waals surface area (Å²) in [5.74, 6) is 1.22. The van der Waals surface area contributed by atoms with Crippen molar-refractivity contribution in [3.63, 3.8) is 0 Å². The first-order valence-electron chi connectivity index (χ1n) is 8.84. The van der Waals surface area contributed by atoms with Gasteiger partial charge in [-0.2, -0.15) is 0 Å². The number of nitrogens with zero attached hydrogens (tertiary/aromatic N) is 4. The number of piperazine rings is 1. The molecule has 4 rings (SSSR count). The predicted octanol–water partition coefficient (Wildman–Crippen LogP) is 3.75. The Morgan fingerprint density at radius 1 is 1.11 bits per heavy atom. The maximum Gasteiger partial charge on any atom is 0.142 e. The fourth-order valence-corrected chi connectivity index (χ4v) is 3.72. The zero-order valence-corrected chi connectivity index (χ0v) is 15.8. The molecule has 2 aromatic carbocycles. The van der Waals surface area contributed by atoms with Crippen LogP contribution in [0.5, 0.6) is 5.75 Å². The molecule has 140 valence electrons. The van der Waals surface area contributed by atoms with Crippen molar-refractivity contribution in [1.29, 1.82) is 0 Å². The molecule has 0 N–H and O–H groups in total. The van der Waals surface area contributed by atoms with Gasteiger partial charge in [-0.3, -0.25) is 4.90 Å². The molecule has 0 atom stereocenters. The number of fused-ring (bicyclic) bond motifs is 1. The van der Waals surface area contributed by atoms with Crippen molar-refractivity contribution in [3.8, 4) is 5.75 Å². The molecule has 2 heterocycles. The van der Waals surface area contributed by atoms with Crippen LogP contribution in [0.15, 0.2) is 42.7 Å². The van der Waals surface area contributed by atoms with E-state index in [0.717, 1.165) is 44.0 Å². The van der Waals surface area contributed by atoms with Crippen LogP contribution in [-0.2, 0) is 6.54 Å². The highest BCUT2D eigenvalue weighted by Crippen LogP contribution is 2.28. The van der Waals surface area contributed by atoms with Crippen LogP contribution in [0, 0.1) is 5.82 Å². The van der Waals surface area contributed by atoms with Gasteiger partial charge in [-0.25, -0.2) is 14.4 Å². The number of hydrogen-bond donors (Lipinski definition) is 0. The van der Waals surface area contributed by atoms with Crippen LogP contribution in [0.1, 0.15) is 5.56 Å². The van der Waals surface area contributed by atoms with Crippen molar-refractivity contribution < 1.29 is 9.13 Å². The third kappa shape index (κ3) is 3.68. The van der Waals surface area contributed by atoms with Gasteiger partial charge < -0.3 is 9.64 Å². The van der Waals surface area contributed by atoms with Gasteiger partial charge in [-0.05, 0) is 30.3 Å². The molecule has 5 nitrogen and oxygen atoms in total. The van der Waals surface area contributed by atoms with E-state index in [1.54, 1.807) is 13.2 Å². The summed E-state index contributed by atoms with van der Waals surface area (Å²) in [6.07, 6.45) is 1.50. The molecular weight excluding hydrogens is 367 g/mol. The van der Waals surface area contributed by atoms with E-state index in [0.29, 0.717) is 21.7 Å². The van der Waals surface area contributed by atoms with Crippen molar-refractivity contribution in [2.75, 3.05) is 38.2 Å². The van der Waals surface area contributed by atoms with Crippen LogP contribution in [0.2, 0.25) is 5.02 Å². The normalized spacial score (nSPS) is 15.3. The van der Waals surface area contributed by atoms with Crippen LogP contribution in [0.25, 0.3) is 10.9 Å². The van der Waals surface area contributed by atoms with Crippen molar-refractivity contribution in [2.45, 2.75) is 6.54 Å². The number of benzene rings is 2. The highest BCUT2D eigenvalue weighted by molar-refractivity contribution is 6.30. The summed E-state index contributed by atoms with van der Waals surface area (Å²) in [6, 6.07) is 10.6. The Hall–Kier alpha value is -2.44. The number of methoxy groups -OCH3 is 1. The molecule has 0 amide bonds. The summed E-state index contributed by atoms with van der Waals surface area (Å²) in [6.45, 7) is 3.98. The standard InChI is InChI=1S/C20H20ClFN4O/c1-27-18-6-5-15(21)11-14(18)12-25-7-9-26(10-8-25)20-19-16(22)3-2-4-17(19)23-13-24-20/h2-6,11,13H,7-10,12H2,1H3. The van der Waals surface area contributed by atoms with E-state index in [-0.39, 0.29) is 5.82 Å². The lowest BCUT2D eigenvalue weighted by molar-refractivity contribution is 0.245. The van der Waals surface area contributed by atoms with Crippen LogP contribution < -0.4 is 9.64 Å². The van der Waals surface area contributed by atoms with Gasteiger partial charge in [-0.1, -0.05) is 17.7 Å². The first-order valence-corrected chi connectivity index (χ1v) is 9.22. The second kappa shape index (κ2) is 7.66. The van der Waals surface area contributed by atoms with Gasteiger partial charge in [0.05, 0.1) is 18.0 Å². The van der Waals surface area contributed by atoms with E-state index in [1.165, 1.54) is 12.4 Å². The number of rotatable bonds is 4. The third-order valence-corrected chi connectivity index (χ3v) is 5.14. The summed E-state index contributed by atoms with van der Waals surface area (Å²) in [7, 11) is 1.67. The summed E-state index contributed by atoms with van der Waals surface area (Å²) in [5, 5.41) is 1.19. The summed E-state index contributed by atoms with van der Waals surface area (Å²) in [5.41, 5.74) is 1.70. The molecule has 1 fully saturated rings. The minimum absolute atomic E-state index is 0.283. The average Bonchev–Trinajstić information content (AvgIpc) is 2.69. The van der Waals surface area contributed by atoms with Gasteiger partial charge in [0.1, 0.15) is 23.7 Å².